The highest BCUT2D eigenvalue weighted by Crippen LogP contribution is 2.36. The molecule has 1 amide bonds. The maximum atomic E-state index is 12.4. The van der Waals surface area contributed by atoms with Crippen molar-refractivity contribution in [2.45, 2.75) is 44.2 Å². The van der Waals surface area contributed by atoms with Gasteiger partial charge in [-0.1, -0.05) is 31.5 Å². The molecule has 8 heteroatoms. The summed E-state index contributed by atoms with van der Waals surface area (Å²) in [4.78, 5) is 21.3. The Bertz CT molecular complexity index is 934. The van der Waals surface area contributed by atoms with Gasteiger partial charge in [-0.25, -0.2) is 9.97 Å². The predicted octanol–water partition coefficient (Wildman–Crippen LogP) is 2.77. The van der Waals surface area contributed by atoms with Crippen molar-refractivity contribution >= 4 is 23.5 Å². The summed E-state index contributed by atoms with van der Waals surface area (Å²) < 4.78 is 5.27. The van der Waals surface area contributed by atoms with Crippen LogP contribution in [0, 0.1) is 0 Å². The molecule has 4 rings (SSSR count). The zero-order valence-electron chi connectivity index (χ0n) is 16.5. The Kier molecular flexibility index (Phi) is 5.46. The van der Waals surface area contributed by atoms with E-state index in [2.05, 4.69) is 34.4 Å². The average Bonchev–Trinajstić information content (AvgIpc) is 2.81. The summed E-state index contributed by atoms with van der Waals surface area (Å²) in [6.45, 7) is 5.79. The first-order chi connectivity index (χ1) is 13.8. The number of hydrogen-bond acceptors (Lipinski definition) is 6. The Morgan fingerprint density at radius 2 is 2.21 bits per heavy atom. The number of hydrogen-bond donors (Lipinski definition) is 3. The van der Waals surface area contributed by atoms with Gasteiger partial charge in [0.1, 0.15) is 0 Å². The fraction of sp³-hybridized carbons (Fsp3) is 0.476. The van der Waals surface area contributed by atoms with Crippen LogP contribution < -0.4 is 10.6 Å². The zero-order chi connectivity index (χ0) is 20.6. The number of aromatic nitrogens is 2. The van der Waals surface area contributed by atoms with E-state index in [-0.39, 0.29) is 17.4 Å². The summed E-state index contributed by atoms with van der Waals surface area (Å²) in [6, 6.07) is 5.52. The van der Waals surface area contributed by atoms with Gasteiger partial charge in [0, 0.05) is 24.3 Å². The third kappa shape index (κ3) is 4.08. The van der Waals surface area contributed by atoms with Gasteiger partial charge in [0.15, 0.2) is 0 Å². The molecule has 0 bridgehead atoms. The SMILES string of the molecule is CC1(C)CCNC(=O)c2ccc(-c3nc(N[C@@H]4CCOC[C@H]4O)ncc3Cl)cc21. The lowest BCUT2D eigenvalue weighted by Crippen LogP contribution is -2.42. The highest BCUT2D eigenvalue weighted by molar-refractivity contribution is 6.32. The molecule has 29 heavy (non-hydrogen) atoms. The number of aliphatic hydroxyl groups is 1. The first kappa shape index (κ1) is 20.1. The minimum absolute atomic E-state index is 0.0539. The average molecular weight is 417 g/mol. The number of ether oxygens (including phenoxy) is 1. The molecule has 2 aliphatic rings. The molecule has 7 nitrogen and oxygen atoms in total. The molecular formula is C21H25ClN4O3. The predicted molar refractivity (Wildman–Crippen MR) is 111 cm³/mol. The van der Waals surface area contributed by atoms with Gasteiger partial charge in [-0.3, -0.25) is 4.79 Å². The lowest BCUT2D eigenvalue weighted by atomic mass is 9.79. The standard InChI is InChI=1S/C21H25ClN4O3/c1-21(2)6-7-23-19(28)13-4-3-12(9-14(13)21)18-15(22)10-24-20(26-18)25-16-5-8-29-11-17(16)27/h3-4,9-10,16-17,27H,5-8,11H2,1-2H3,(H,23,28)(H,24,25,26)/t16-,17-/m1/s1. The van der Waals surface area contributed by atoms with Gasteiger partial charge < -0.3 is 20.5 Å². The molecule has 0 saturated carbocycles. The van der Waals surface area contributed by atoms with Gasteiger partial charge in [-0.15, -0.1) is 0 Å². The maximum absolute atomic E-state index is 12.4. The molecule has 1 fully saturated rings. The zero-order valence-corrected chi connectivity index (χ0v) is 17.3. The molecule has 3 heterocycles. The lowest BCUT2D eigenvalue weighted by Gasteiger charge is -2.28. The molecule has 0 radical (unpaired) electrons. The van der Waals surface area contributed by atoms with Gasteiger partial charge in [-0.2, -0.15) is 0 Å². The summed E-state index contributed by atoms with van der Waals surface area (Å²) >= 11 is 6.42. The maximum Gasteiger partial charge on any atom is 0.251 e. The second kappa shape index (κ2) is 7.89. The van der Waals surface area contributed by atoms with Gasteiger partial charge >= 0.3 is 0 Å². The van der Waals surface area contributed by atoms with E-state index < -0.39 is 6.10 Å². The number of anilines is 1. The van der Waals surface area contributed by atoms with Crippen molar-refractivity contribution < 1.29 is 14.6 Å². The van der Waals surface area contributed by atoms with Crippen molar-refractivity contribution in [1.82, 2.24) is 15.3 Å². The summed E-state index contributed by atoms with van der Waals surface area (Å²) in [5, 5.41) is 16.7. The Hall–Kier alpha value is -2.22. The van der Waals surface area contributed by atoms with Crippen LogP contribution in [0.15, 0.2) is 24.4 Å². The van der Waals surface area contributed by atoms with E-state index in [1.165, 1.54) is 0 Å². The summed E-state index contributed by atoms with van der Waals surface area (Å²) in [5.74, 6) is 0.351. The Balaban J connectivity index is 1.70. The highest BCUT2D eigenvalue weighted by Gasteiger charge is 2.30. The van der Waals surface area contributed by atoms with Crippen LogP contribution in [0.2, 0.25) is 5.02 Å². The third-order valence-electron chi connectivity index (χ3n) is 5.69. The van der Waals surface area contributed by atoms with Crippen LogP contribution in [-0.2, 0) is 10.2 Å². The Morgan fingerprint density at radius 1 is 1.38 bits per heavy atom. The number of amides is 1. The number of nitrogens with one attached hydrogen (secondary N) is 2. The number of halogens is 1. The second-order valence-corrected chi connectivity index (χ2v) is 8.63. The van der Waals surface area contributed by atoms with Crippen molar-refractivity contribution in [2.24, 2.45) is 0 Å². The molecule has 3 N–H and O–H groups in total. The van der Waals surface area contributed by atoms with Gasteiger partial charge in [0.25, 0.3) is 5.91 Å². The highest BCUT2D eigenvalue weighted by atomic mass is 35.5. The molecule has 0 unspecified atom stereocenters. The van der Waals surface area contributed by atoms with Crippen molar-refractivity contribution in [1.29, 1.82) is 0 Å². The van der Waals surface area contributed by atoms with Crippen LogP contribution in [0.5, 0.6) is 0 Å². The van der Waals surface area contributed by atoms with Gasteiger partial charge in [-0.05, 0) is 36.0 Å². The normalized spacial score (nSPS) is 23.7. The molecule has 0 aliphatic carbocycles. The fourth-order valence-corrected chi connectivity index (χ4v) is 4.06. The minimum atomic E-state index is -0.613. The third-order valence-corrected chi connectivity index (χ3v) is 5.96. The van der Waals surface area contributed by atoms with Crippen LogP contribution in [-0.4, -0.2) is 52.9 Å². The molecule has 154 valence electrons. The van der Waals surface area contributed by atoms with E-state index in [0.717, 1.165) is 17.5 Å². The molecule has 1 saturated heterocycles. The van der Waals surface area contributed by atoms with E-state index in [0.29, 0.717) is 48.4 Å². The smallest absolute Gasteiger partial charge is 0.251 e. The number of aliphatic hydroxyl groups excluding tert-OH is 1. The first-order valence-corrected chi connectivity index (χ1v) is 10.2. The number of benzene rings is 1. The summed E-state index contributed by atoms with van der Waals surface area (Å²) in [7, 11) is 0. The van der Waals surface area contributed by atoms with Crippen LogP contribution in [0.1, 0.15) is 42.6 Å². The number of rotatable bonds is 3. The lowest BCUT2D eigenvalue weighted by molar-refractivity contribution is -0.0136. The van der Waals surface area contributed by atoms with E-state index in [1.807, 2.05) is 18.2 Å². The molecule has 2 atom stereocenters. The number of carbonyl (C=O) groups is 1. The largest absolute Gasteiger partial charge is 0.389 e. The van der Waals surface area contributed by atoms with Crippen LogP contribution in [0.3, 0.4) is 0 Å². The van der Waals surface area contributed by atoms with E-state index >= 15 is 0 Å². The van der Waals surface area contributed by atoms with Crippen molar-refractivity contribution in [3.8, 4) is 11.3 Å². The number of carbonyl (C=O) groups excluding carboxylic acids is 1. The fourth-order valence-electron chi connectivity index (χ4n) is 3.86. The summed E-state index contributed by atoms with van der Waals surface area (Å²) in [6.07, 6.45) is 2.46. The van der Waals surface area contributed by atoms with E-state index in [1.54, 1.807) is 6.20 Å². The summed E-state index contributed by atoms with van der Waals surface area (Å²) in [5.41, 5.74) is 2.93. The Labute approximate surface area is 174 Å². The second-order valence-electron chi connectivity index (χ2n) is 8.22. The van der Waals surface area contributed by atoms with Crippen LogP contribution in [0.25, 0.3) is 11.3 Å². The topological polar surface area (TPSA) is 96.4 Å². The van der Waals surface area contributed by atoms with Gasteiger partial charge in [0.2, 0.25) is 5.95 Å². The quantitative estimate of drug-likeness (QED) is 0.712. The molecule has 2 aliphatic heterocycles. The van der Waals surface area contributed by atoms with Crippen molar-refractivity contribution in [2.75, 3.05) is 25.1 Å². The molecular weight excluding hydrogens is 392 g/mol. The monoisotopic (exact) mass is 416 g/mol. The van der Waals surface area contributed by atoms with E-state index in [9.17, 15) is 9.90 Å². The minimum Gasteiger partial charge on any atom is -0.389 e. The van der Waals surface area contributed by atoms with E-state index in [4.69, 9.17) is 16.3 Å². The molecule has 1 aromatic heterocycles. The van der Waals surface area contributed by atoms with Crippen molar-refractivity contribution in [3.05, 3.63) is 40.5 Å². The molecule has 2 aromatic rings. The van der Waals surface area contributed by atoms with Crippen LogP contribution >= 0.6 is 11.6 Å². The number of fused-ring (bicyclic) bond motifs is 1. The van der Waals surface area contributed by atoms with Crippen molar-refractivity contribution in [3.63, 3.8) is 0 Å². The molecule has 1 aromatic carbocycles. The number of nitrogens with zero attached hydrogens (tertiary/aromatic N) is 2. The van der Waals surface area contributed by atoms with Crippen LogP contribution in [0.4, 0.5) is 5.95 Å². The van der Waals surface area contributed by atoms with Gasteiger partial charge in [0.05, 0.1) is 35.7 Å². The molecule has 0 spiro atoms. The first-order valence-electron chi connectivity index (χ1n) is 9.83. The Morgan fingerprint density at radius 3 is 3.00 bits per heavy atom.